The predicted octanol–water partition coefficient (Wildman–Crippen LogP) is 1.12. The van der Waals surface area contributed by atoms with Crippen LogP contribution in [0.25, 0.3) is 5.76 Å². The minimum Gasteiger partial charge on any atom is -0.872 e. The number of carbonyl (C=O) groups excluding carboxylic acids is 2. The number of benzene rings is 2. The van der Waals surface area contributed by atoms with E-state index >= 15 is 0 Å². The number of nitrogens with one attached hydrogen (secondary N) is 1. The normalized spacial score (nSPS) is 18.1. The number of amides is 1. The molecule has 1 unspecified atom stereocenters. The number of quaternary nitrogens is 1. The molecule has 1 N–H and O–H groups in total. The van der Waals surface area contributed by atoms with Crippen molar-refractivity contribution in [3.05, 3.63) is 70.8 Å². The van der Waals surface area contributed by atoms with Crippen molar-refractivity contribution in [2.45, 2.75) is 26.0 Å². The van der Waals surface area contributed by atoms with E-state index in [2.05, 4.69) is 0 Å². The molecule has 0 aliphatic carbocycles. The second-order valence-corrected chi connectivity index (χ2v) is 8.26. The number of hydrogen-bond acceptors (Lipinski definition) is 4. The molecule has 1 fully saturated rings. The van der Waals surface area contributed by atoms with E-state index in [4.69, 9.17) is 4.74 Å². The van der Waals surface area contributed by atoms with E-state index < -0.39 is 35.1 Å². The third-order valence-electron chi connectivity index (χ3n) is 5.14. The lowest BCUT2D eigenvalue weighted by atomic mass is 9.95. The molecule has 1 amide bonds. The standard InChI is InChI=1S/C24H26F2N2O4/c1-14(2)32-19-10-9-15(13-18(19)26)22(29)20-21(16-7-5-6-8-17(16)25)28(12-11-27(3)4)24(31)23(20)30/h5-10,13-14,21,29H,11-12H2,1-4H3. The molecular formula is C24H26F2N2O4. The SMILES string of the molecule is CC(C)Oc1ccc(C([O-])=C2C(=O)C(=O)N(CC[NH+](C)C)C2c2ccccc2F)cc1F. The number of likely N-dealkylation sites (tertiary alicyclic amines) is 1. The van der Waals surface area contributed by atoms with Crippen LogP contribution in [0.3, 0.4) is 0 Å². The van der Waals surface area contributed by atoms with Gasteiger partial charge in [0.25, 0.3) is 5.91 Å². The Morgan fingerprint density at radius 3 is 2.41 bits per heavy atom. The van der Waals surface area contributed by atoms with Crippen LogP contribution in [0.4, 0.5) is 8.78 Å². The van der Waals surface area contributed by atoms with E-state index in [-0.39, 0.29) is 35.1 Å². The van der Waals surface area contributed by atoms with Crippen molar-refractivity contribution in [1.82, 2.24) is 4.90 Å². The van der Waals surface area contributed by atoms with Crippen molar-refractivity contribution >= 4 is 17.4 Å². The molecule has 6 nitrogen and oxygen atoms in total. The third-order valence-corrected chi connectivity index (χ3v) is 5.14. The Morgan fingerprint density at radius 1 is 1.12 bits per heavy atom. The van der Waals surface area contributed by atoms with Gasteiger partial charge in [-0.2, -0.15) is 0 Å². The molecule has 0 aromatic heterocycles. The summed E-state index contributed by atoms with van der Waals surface area (Å²) in [6, 6.07) is 8.12. The zero-order chi connectivity index (χ0) is 23.6. The number of ketones is 1. The predicted molar refractivity (Wildman–Crippen MR) is 113 cm³/mol. The molecular weight excluding hydrogens is 418 g/mol. The Bertz CT molecular complexity index is 1070. The average Bonchev–Trinajstić information content (AvgIpc) is 2.97. The second-order valence-electron chi connectivity index (χ2n) is 8.26. The monoisotopic (exact) mass is 444 g/mol. The second kappa shape index (κ2) is 9.48. The van der Waals surface area contributed by atoms with Crippen LogP contribution < -0.4 is 14.7 Å². The van der Waals surface area contributed by atoms with Crippen LogP contribution in [-0.2, 0) is 9.59 Å². The molecule has 0 radical (unpaired) electrons. The highest BCUT2D eigenvalue weighted by molar-refractivity contribution is 6.46. The first-order valence-electron chi connectivity index (χ1n) is 10.4. The fourth-order valence-electron chi connectivity index (χ4n) is 3.61. The van der Waals surface area contributed by atoms with Gasteiger partial charge in [-0.05, 0) is 37.6 Å². The van der Waals surface area contributed by atoms with Crippen molar-refractivity contribution < 1.29 is 33.1 Å². The average molecular weight is 444 g/mol. The van der Waals surface area contributed by atoms with Crippen molar-refractivity contribution in [3.8, 4) is 5.75 Å². The minimum atomic E-state index is -1.18. The lowest BCUT2D eigenvalue weighted by Crippen LogP contribution is -3.06. The lowest BCUT2D eigenvalue weighted by molar-refractivity contribution is -0.857. The molecule has 3 rings (SSSR count). The first-order chi connectivity index (χ1) is 15.1. The fourth-order valence-corrected chi connectivity index (χ4v) is 3.61. The van der Waals surface area contributed by atoms with Crippen LogP contribution in [-0.4, -0.2) is 49.9 Å². The van der Waals surface area contributed by atoms with Crippen molar-refractivity contribution in [1.29, 1.82) is 0 Å². The van der Waals surface area contributed by atoms with Crippen molar-refractivity contribution in [2.75, 3.05) is 27.2 Å². The number of hydrogen-bond donors (Lipinski definition) is 1. The molecule has 1 atom stereocenters. The fraction of sp³-hybridized carbons (Fsp3) is 0.333. The van der Waals surface area contributed by atoms with Gasteiger partial charge in [0.15, 0.2) is 11.6 Å². The summed E-state index contributed by atoms with van der Waals surface area (Å²) >= 11 is 0. The van der Waals surface area contributed by atoms with E-state index in [0.717, 1.165) is 11.0 Å². The van der Waals surface area contributed by atoms with Crippen LogP contribution in [0.2, 0.25) is 0 Å². The van der Waals surface area contributed by atoms with E-state index in [1.807, 2.05) is 14.1 Å². The summed E-state index contributed by atoms with van der Waals surface area (Å²) in [6.45, 7) is 4.11. The van der Waals surface area contributed by atoms with E-state index in [9.17, 15) is 23.5 Å². The lowest BCUT2D eigenvalue weighted by Gasteiger charge is -2.28. The summed E-state index contributed by atoms with van der Waals surface area (Å²) in [4.78, 5) is 27.9. The van der Waals surface area contributed by atoms with Gasteiger partial charge in [-0.25, -0.2) is 8.78 Å². The Kier molecular flexibility index (Phi) is 6.93. The third kappa shape index (κ3) is 4.65. The van der Waals surface area contributed by atoms with Crippen LogP contribution in [0.5, 0.6) is 5.75 Å². The van der Waals surface area contributed by atoms with Gasteiger partial charge in [0.1, 0.15) is 5.82 Å². The number of likely N-dealkylation sites (N-methyl/N-ethyl adjacent to an activating group) is 1. The maximum Gasteiger partial charge on any atom is 0.295 e. The molecule has 1 aliphatic rings. The van der Waals surface area contributed by atoms with Crippen LogP contribution in [0.15, 0.2) is 48.0 Å². The number of Topliss-reactive ketones (excluding diaryl/α,β-unsaturated/α-hetero) is 1. The molecule has 8 heteroatoms. The Labute approximate surface area is 185 Å². The van der Waals surface area contributed by atoms with Crippen LogP contribution >= 0.6 is 0 Å². The van der Waals surface area contributed by atoms with Gasteiger partial charge < -0.3 is 19.6 Å². The minimum absolute atomic E-state index is 0.0309. The number of rotatable bonds is 7. The molecule has 0 bridgehead atoms. The van der Waals surface area contributed by atoms with E-state index in [1.165, 1.54) is 35.2 Å². The molecule has 170 valence electrons. The largest absolute Gasteiger partial charge is 0.872 e. The van der Waals surface area contributed by atoms with Gasteiger partial charge in [0, 0.05) is 11.1 Å². The van der Waals surface area contributed by atoms with Crippen molar-refractivity contribution in [3.63, 3.8) is 0 Å². The number of carbonyl (C=O) groups is 2. The maximum absolute atomic E-state index is 14.7. The number of nitrogens with zero attached hydrogens (tertiary/aromatic N) is 1. The van der Waals surface area contributed by atoms with Crippen LogP contribution in [0, 0.1) is 11.6 Å². The summed E-state index contributed by atoms with van der Waals surface area (Å²) in [5, 5.41) is 13.3. The van der Waals surface area contributed by atoms with Gasteiger partial charge in [-0.3, -0.25) is 9.59 Å². The van der Waals surface area contributed by atoms with Gasteiger partial charge in [-0.15, -0.1) is 0 Å². The molecule has 1 aliphatic heterocycles. The highest BCUT2D eigenvalue weighted by Crippen LogP contribution is 2.39. The van der Waals surface area contributed by atoms with Gasteiger partial charge in [0.05, 0.1) is 39.3 Å². The molecule has 32 heavy (non-hydrogen) atoms. The number of ether oxygens (including phenoxy) is 1. The molecule has 2 aromatic carbocycles. The van der Waals surface area contributed by atoms with E-state index in [0.29, 0.717) is 6.54 Å². The highest BCUT2D eigenvalue weighted by atomic mass is 19.1. The topological polar surface area (TPSA) is 74.1 Å². The van der Waals surface area contributed by atoms with Gasteiger partial charge in [-0.1, -0.05) is 30.0 Å². The van der Waals surface area contributed by atoms with Crippen molar-refractivity contribution in [2.24, 2.45) is 0 Å². The first kappa shape index (κ1) is 23.4. The zero-order valence-corrected chi connectivity index (χ0v) is 18.4. The highest BCUT2D eigenvalue weighted by Gasteiger charge is 2.45. The molecule has 1 saturated heterocycles. The maximum atomic E-state index is 14.7. The number of halogens is 2. The van der Waals surface area contributed by atoms with E-state index in [1.54, 1.807) is 19.9 Å². The quantitative estimate of drug-likeness (QED) is 0.395. The summed E-state index contributed by atoms with van der Waals surface area (Å²) < 4.78 is 34.5. The molecule has 0 spiro atoms. The summed E-state index contributed by atoms with van der Waals surface area (Å²) in [5.41, 5.74) is -0.453. The summed E-state index contributed by atoms with van der Waals surface area (Å²) in [6.07, 6.45) is -0.271. The smallest absolute Gasteiger partial charge is 0.295 e. The molecule has 1 heterocycles. The summed E-state index contributed by atoms with van der Waals surface area (Å²) in [5.74, 6) is -4.12. The Balaban J connectivity index is 2.13. The Morgan fingerprint density at radius 2 is 1.81 bits per heavy atom. The van der Waals surface area contributed by atoms with Gasteiger partial charge >= 0.3 is 0 Å². The Hall–Kier alpha value is -3.26. The molecule has 2 aromatic rings. The first-order valence-corrected chi connectivity index (χ1v) is 10.4. The summed E-state index contributed by atoms with van der Waals surface area (Å²) in [7, 11) is 3.75. The zero-order valence-electron chi connectivity index (χ0n) is 18.4. The van der Waals surface area contributed by atoms with Crippen LogP contribution in [0.1, 0.15) is 31.0 Å². The van der Waals surface area contributed by atoms with Gasteiger partial charge in [0.2, 0.25) is 5.78 Å². The molecule has 0 saturated carbocycles.